The fraction of sp³-hybridized carbons (Fsp3) is 0. The minimum atomic E-state index is 0.560. The molecule has 0 fully saturated rings. The average molecular weight is 1300 g/mol. The van der Waals surface area contributed by atoms with E-state index in [2.05, 4.69) is 305 Å². The van der Waals surface area contributed by atoms with Crippen LogP contribution in [0.1, 0.15) is 0 Å². The van der Waals surface area contributed by atoms with Gasteiger partial charge in [-0.25, -0.2) is 15.0 Å². The smallest absolute Gasteiger partial charge is 0.164 e. The Kier molecular flexibility index (Phi) is 12.0. The van der Waals surface area contributed by atoms with E-state index in [4.69, 9.17) is 28.2 Å². The van der Waals surface area contributed by atoms with Crippen LogP contribution in [-0.4, -0.2) is 28.7 Å². The number of furan rings is 3. The minimum absolute atomic E-state index is 0.560. The topological polar surface area (TPSA) is 92.9 Å². The maximum atomic E-state index is 6.37. The highest BCUT2D eigenvalue weighted by Crippen LogP contribution is 2.43. The molecule has 0 atom stereocenters. The Bertz CT molecular complexity index is 6970. The van der Waals surface area contributed by atoms with E-state index < -0.39 is 0 Å². The van der Waals surface area contributed by atoms with E-state index in [1.807, 2.05) is 36.4 Å². The highest BCUT2D eigenvalue weighted by Gasteiger charge is 2.22. The minimum Gasteiger partial charge on any atom is -0.456 e. The van der Waals surface area contributed by atoms with Crippen molar-refractivity contribution in [2.24, 2.45) is 0 Å². The average Bonchev–Trinajstić information content (AvgIpc) is 1.60. The third-order valence-electron chi connectivity index (χ3n) is 20.9. The molecule has 0 aliphatic rings. The summed E-state index contributed by atoms with van der Waals surface area (Å²) in [6.07, 6.45) is 0. The first-order valence-electron chi connectivity index (χ1n) is 34.4. The van der Waals surface area contributed by atoms with Gasteiger partial charge in [0.25, 0.3) is 0 Å². The lowest BCUT2D eigenvalue weighted by molar-refractivity contribution is 0.668. The molecule has 0 unspecified atom stereocenters. The van der Waals surface area contributed by atoms with E-state index in [-0.39, 0.29) is 0 Å². The zero-order valence-electron chi connectivity index (χ0n) is 54.6. The van der Waals surface area contributed by atoms with Crippen LogP contribution in [0.15, 0.2) is 341 Å². The molecule has 0 aliphatic carbocycles. The zero-order chi connectivity index (χ0) is 66.7. The predicted octanol–water partition coefficient (Wildman–Crippen LogP) is 24.9. The highest BCUT2D eigenvalue weighted by molar-refractivity contribution is 6.15. The maximum absolute atomic E-state index is 6.37. The molecule has 0 amide bonds. The van der Waals surface area contributed by atoms with Gasteiger partial charge in [0.15, 0.2) is 17.5 Å². The molecule has 0 spiro atoms. The van der Waals surface area contributed by atoms with E-state index in [0.29, 0.717) is 17.5 Å². The fourth-order valence-corrected chi connectivity index (χ4v) is 16.1. The first-order chi connectivity index (χ1) is 50.5. The maximum Gasteiger partial charge on any atom is 0.164 e. The normalized spacial score (nSPS) is 12.1. The number of para-hydroxylation sites is 6. The third-order valence-corrected chi connectivity index (χ3v) is 20.9. The summed E-state index contributed by atoms with van der Waals surface area (Å²) >= 11 is 0. The first kappa shape index (κ1) is 56.2. The molecule has 474 valence electrons. The van der Waals surface area contributed by atoms with E-state index in [0.717, 1.165) is 177 Å². The van der Waals surface area contributed by atoms with E-state index in [9.17, 15) is 0 Å². The van der Waals surface area contributed by atoms with Gasteiger partial charge < -0.3 is 27.0 Å². The Labute approximate surface area is 581 Å². The molecule has 9 nitrogen and oxygen atoms in total. The molecular formula is C93H54N6O3. The Hall–Kier alpha value is -13.9. The monoisotopic (exact) mass is 1300 g/mol. The molecule has 0 saturated carbocycles. The van der Waals surface area contributed by atoms with Crippen molar-refractivity contribution in [1.82, 2.24) is 28.7 Å². The number of nitrogens with zero attached hydrogens (tertiary/aromatic N) is 6. The van der Waals surface area contributed by atoms with E-state index in [1.54, 1.807) is 0 Å². The van der Waals surface area contributed by atoms with Gasteiger partial charge in [-0.2, -0.15) is 0 Å². The van der Waals surface area contributed by atoms with Crippen molar-refractivity contribution in [2.75, 3.05) is 0 Å². The summed E-state index contributed by atoms with van der Waals surface area (Å²) in [5.74, 6) is 1.68. The van der Waals surface area contributed by atoms with Crippen LogP contribution in [0.3, 0.4) is 0 Å². The molecule has 0 N–H and O–H groups in total. The van der Waals surface area contributed by atoms with Gasteiger partial charge in [0.2, 0.25) is 0 Å². The largest absolute Gasteiger partial charge is 0.456 e. The van der Waals surface area contributed by atoms with E-state index in [1.165, 1.54) is 21.5 Å². The highest BCUT2D eigenvalue weighted by atomic mass is 16.3. The van der Waals surface area contributed by atoms with Crippen molar-refractivity contribution in [3.05, 3.63) is 328 Å². The van der Waals surface area contributed by atoms with Gasteiger partial charge in [-0.1, -0.05) is 158 Å². The van der Waals surface area contributed by atoms with Crippen LogP contribution >= 0.6 is 0 Å². The Morgan fingerprint density at radius 2 is 0.451 bits per heavy atom. The van der Waals surface area contributed by atoms with Crippen molar-refractivity contribution in [2.45, 2.75) is 0 Å². The van der Waals surface area contributed by atoms with Crippen LogP contribution < -0.4 is 0 Å². The molecule has 7 heterocycles. The van der Waals surface area contributed by atoms with E-state index >= 15 is 0 Å². The van der Waals surface area contributed by atoms with Crippen molar-refractivity contribution in [3.8, 4) is 84.6 Å². The second-order valence-corrected chi connectivity index (χ2v) is 26.6. The van der Waals surface area contributed by atoms with Crippen LogP contribution in [0.25, 0.3) is 216 Å². The number of aromatic nitrogens is 6. The number of fused-ring (bicyclic) bond motifs is 18. The predicted molar refractivity (Wildman–Crippen MR) is 417 cm³/mol. The zero-order valence-corrected chi connectivity index (χ0v) is 54.6. The summed E-state index contributed by atoms with van der Waals surface area (Å²) in [6.45, 7) is 0. The molecule has 22 rings (SSSR count). The second-order valence-electron chi connectivity index (χ2n) is 26.6. The summed E-state index contributed by atoms with van der Waals surface area (Å²) in [5, 5.41) is 13.7. The quantitative estimate of drug-likeness (QED) is 0.143. The molecule has 9 heteroatoms. The Balaban J connectivity index is 0.652. The van der Waals surface area contributed by atoms with Crippen molar-refractivity contribution < 1.29 is 13.3 Å². The van der Waals surface area contributed by atoms with Crippen LogP contribution in [0, 0.1) is 0 Å². The molecule has 22 aromatic rings. The molecule has 0 saturated heterocycles. The number of benzene rings is 15. The van der Waals surface area contributed by atoms with Gasteiger partial charge >= 0.3 is 0 Å². The van der Waals surface area contributed by atoms with Crippen molar-refractivity contribution in [1.29, 1.82) is 0 Å². The Morgan fingerprint density at radius 1 is 0.167 bits per heavy atom. The molecular weight excluding hydrogens is 1250 g/mol. The van der Waals surface area contributed by atoms with Crippen LogP contribution in [0.5, 0.6) is 0 Å². The molecule has 0 radical (unpaired) electrons. The standard InChI is InChI=1S/C93H54N6O3/c1-7-22-79-67(16-1)76-49-57(60-32-42-73-70-19-4-10-25-85(70)100-88(73)52-60)35-45-82(76)97(79)64-38-28-55(29-39-64)91-94-92(56-30-40-65(41-31-56)98-80-23-8-2-17-68(80)77-50-58(36-46-83(77)98)61-33-43-74-71-20-5-11-26-86(71)101-89(74)53-61)96-93(95-91)63-14-13-15-66(48-63)99-81-24-9-3-18-69(81)78-51-59(37-47-84(78)99)62-34-44-75-72-21-6-12-27-87(72)102-90(75)54-62/h1-54H. The van der Waals surface area contributed by atoms with Crippen LogP contribution in [0.2, 0.25) is 0 Å². The summed E-state index contributed by atoms with van der Waals surface area (Å²) in [6, 6.07) is 117. The third kappa shape index (κ3) is 8.68. The summed E-state index contributed by atoms with van der Waals surface area (Å²) in [7, 11) is 0. The van der Waals surface area contributed by atoms with Gasteiger partial charge in [-0.15, -0.1) is 0 Å². The van der Waals surface area contributed by atoms with Crippen LogP contribution in [0.4, 0.5) is 0 Å². The molecule has 7 aromatic heterocycles. The number of hydrogen-bond acceptors (Lipinski definition) is 6. The summed E-state index contributed by atoms with van der Waals surface area (Å²) < 4.78 is 26.1. The second kappa shape index (κ2) is 21.8. The lowest BCUT2D eigenvalue weighted by Crippen LogP contribution is -2.02. The van der Waals surface area contributed by atoms with Crippen molar-refractivity contribution >= 4 is 131 Å². The van der Waals surface area contributed by atoms with Gasteiger partial charge in [-0.3, -0.25) is 0 Å². The lowest BCUT2D eigenvalue weighted by atomic mass is 10.0. The first-order valence-corrected chi connectivity index (χ1v) is 34.4. The number of hydrogen-bond donors (Lipinski definition) is 0. The summed E-state index contributed by atoms with van der Waals surface area (Å²) in [5.41, 5.74) is 24.2. The van der Waals surface area contributed by atoms with Gasteiger partial charge in [0.1, 0.15) is 33.5 Å². The summed E-state index contributed by atoms with van der Waals surface area (Å²) in [4.78, 5) is 16.2. The lowest BCUT2D eigenvalue weighted by Gasteiger charge is -2.13. The Morgan fingerprint density at radius 3 is 0.833 bits per heavy atom. The molecule has 102 heavy (non-hydrogen) atoms. The fourth-order valence-electron chi connectivity index (χ4n) is 16.1. The van der Waals surface area contributed by atoms with Gasteiger partial charge in [0, 0.05) is 98.4 Å². The van der Waals surface area contributed by atoms with Gasteiger partial charge in [0.05, 0.1) is 33.1 Å². The SMILES string of the molecule is c1cc(-c2nc(-c3ccc(-n4c5ccccc5c5cc(-c6ccc7c(c6)oc6ccccc67)ccc54)cc3)nc(-c3ccc(-n4c5ccccc5c5cc(-c6ccc7c(c6)oc6ccccc67)ccc54)cc3)n2)cc(-n2c3ccccc3c3cc(-c4ccc5c(c4)oc4ccccc45)ccc32)c1. The van der Waals surface area contributed by atoms with Crippen LogP contribution in [-0.2, 0) is 0 Å². The number of rotatable bonds is 9. The molecule has 0 bridgehead atoms. The molecule has 15 aromatic carbocycles. The van der Waals surface area contributed by atoms with Gasteiger partial charge in [-0.05, 0) is 203 Å². The molecule has 0 aliphatic heterocycles. The van der Waals surface area contributed by atoms with Crippen molar-refractivity contribution in [3.63, 3.8) is 0 Å².